The van der Waals surface area contributed by atoms with E-state index >= 15 is 0 Å². The predicted octanol–water partition coefficient (Wildman–Crippen LogP) is 1.95. The number of hydrogen-bond donors (Lipinski definition) is 1. The first-order valence-corrected chi connectivity index (χ1v) is 7.10. The molecule has 0 bridgehead atoms. The van der Waals surface area contributed by atoms with Crippen molar-refractivity contribution in [2.45, 2.75) is 13.0 Å². The van der Waals surface area contributed by atoms with Gasteiger partial charge in [-0.25, -0.2) is 0 Å². The van der Waals surface area contributed by atoms with E-state index in [9.17, 15) is 9.59 Å². The molecule has 1 amide bonds. The molecule has 0 aliphatic rings. The van der Waals surface area contributed by atoms with Crippen molar-refractivity contribution >= 4 is 23.2 Å². The van der Waals surface area contributed by atoms with E-state index in [-0.39, 0.29) is 12.5 Å². The summed E-state index contributed by atoms with van der Waals surface area (Å²) in [6, 6.07) is 7.35. The second-order valence-electron chi connectivity index (χ2n) is 4.47. The first kappa shape index (κ1) is 14.3. The van der Waals surface area contributed by atoms with Gasteiger partial charge in [-0.2, -0.15) is 0 Å². The molecule has 2 aromatic heterocycles. The number of carboxylic acid groups (broad SMARTS) is 1. The maximum absolute atomic E-state index is 12.3. The summed E-state index contributed by atoms with van der Waals surface area (Å²) in [6.07, 6.45) is 2.41. The van der Waals surface area contributed by atoms with Crippen LogP contribution in [0.1, 0.15) is 15.4 Å². The molecule has 2 heterocycles. The van der Waals surface area contributed by atoms with Gasteiger partial charge in [0.1, 0.15) is 12.2 Å². The maximum Gasteiger partial charge on any atom is 0.323 e. The van der Waals surface area contributed by atoms with E-state index in [2.05, 4.69) is 0 Å². The first-order valence-electron chi connectivity index (χ1n) is 6.22. The highest BCUT2D eigenvalue weighted by molar-refractivity contribution is 7.09. The van der Waals surface area contributed by atoms with Gasteiger partial charge < -0.3 is 14.6 Å². The van der Waals surface area contributed by atoms with E-state index in [0.29, 0.717) is 12.2 Å². The molecule has 6 heteroatoms. The predicted molar refractivity (Wildman–Crippen MR) is 77.1 cm³/mol. The van der Waals surface area contributed by atoms with Crippen molar-refractivity contribution in [1.29, 1.82) is 0 Å². The average Bonchev–Trinajstić information content (AvgIpc) is 3.05. The van der Waals surface area contributed by atoms with Crippen LogP contribution in [0.5, 0.6) is 0 Å². The molecule has 0 fully saturated rings. The number of nitrogens with zero attached hydrogens (tertiary/aromatic N) is 2. The highest BCUT2D eigenvalue weighted by Crippen LogP contribution is 2.11. The summed E-state index contributed by atoms with van der Waals surface area (Å²) >= 11 is 1.66. The van der Waals surface area contributed by atoms with Gasteiger partial charge in [0, 0.05) is 24.7 Å². The number of rotatable bonds is 6. The van der Waals surface area contributed by atoms with Gasteiger partial charge in [0.2, 0.25) is 0 Å². The summed E-state index contributed by atoms with van der Waals surface area (Å²) in [7, 11) is 1.73. The number of carbonyl (C=O) groups excluding carboxylic acids is 1. The Bertz CT molecular complexity index is 589. The summed E-state index contributed by atoms with van der Waals surface area (Å²) in [5.74, 6) is -1.12. The molecule has 0 spiro atoms. The molecule has 5 nitrogen and oxygen atoms in total. The van der Waals surface area contributed by atoms with E-state index in [1.807, 2.05) is 17.5 Å². The van der Waals surface area contributed by atoms with Gasteiger partial charge in [-0.05, 0) is 30.0 Å². The monoisotopic (exact) mass is 292 g/mol. The summed E-state index contributed by atoms with van der Waals surface area (Å²) < 4.78 is 1.45. The Morgan fingerprint density at radius 1 is 1.35 bits per heavy atom. The Hall–Kier alpha value is -2.08. The Labute approximate surface area is 121 Å². The lowest BCUT2D eigenvalue weighted by Crippen LogP contribution is -2.31. The number of carboxylic acids is 1. The zero-order valence-electron chi connectivity index (χ0n) is 11.2. The quantitative estimate of drug-likeness (QED) is 0.885. The van der Waals surface area contributed by atoms with Crippen LogP contribution < -0.4 is 0 Å². The Balaban J connectivity index is 1.99. The molecule has 0 saturated heterocycles. The molecule has 0 saturated carbocycles. The molecule has 2 rings (SSSR count). The van der Waals surface area contributed by atoms with E-state index in [1.165, 1.54) is 9.44 Å². The van der Waals surface area contributed by atoms with Crippen LogP contribution in [0.2, 0.25) is 0 Å². The molecule has 2 aromatic rings. The molecule has 0 aliphatic carbocycles. The molecule has 0 atom stereocenters. The molecule has 0 unspecified atom stereocenters. The number of aliphatic carboxylic acids is 1. The number of hydrogen-bond acceptors (Lipinski definition) is 3. The van der Waals surface area contributed by atoms with Crippen molar-refractivity contribution in [3.8, 4) is 0 Å². The van der Waals surface area contributed by atoms with Gasteiger partial charge in [-0.15, -0.1) is 11.3 Å². The van der Waals surface area contributed by atoms with E-state index in [1.54, 1.807) is 41.6 Å². The summed E-state index contributed by atoms with van der Waals surface area (Å²) in [4.78, 5) is 25.9. The number of aromatic nitrogens is 1. The van der Waals surface area contributed by atoms with Crippen LogP contribution >= 0.6 is 11.3 Å². The first-order chi connectivity index (χ1) is 9.58. The smallest absolute Gasteiger partial charge is 0.323 e. The van der Waals surface area contributed by atoms with Crippen molar-refractivity contribution in [3.63, 3.8) is 0 Å². The SMILES string of the molecule is CN(CCc1cccs1)C(=O)c1cccn1CC(=O)O. The van der Waals surface area contributed by atoms with Gasteiger partial charge in [0.15, 0.2) is 0 Å². The molecule has 20 heavy (non-hydrogen) atoms. The Kier molecular flexibility index (Phi) is 4.57. The minimum atomic E-state index is -0.962. The number of thiophene rings is 1. The van der Waals surface area contributed by atoms with Gasteiger partial charge in [0.25, 0.3) is 5.91 Å². The Morgan fingerprint density at radius 2 is 2.15 bits per heavy atom. The van der Waals surface area contributed by atoms with E-state index in [0.717, 1.165) is 6.42 Å². The Morgan fingerprint density at radius 3 is 2.80 bits per heavy atom. The normalized spacial score (nSPS) is 10.4. The van der Waals surface area contributed by atoms with Crippen molar-refractivity contribution in [2.75, 3.05) is 13.6 Å². The summed E-state index contributed by atoms with van der Waals surface area (Å²) in [5.41, 5.74) is 0.404. The molecular formula is C14H16N2O3S. The molecule has 106 valence electrons. The van der Waals surface area contributed by atoms with Crippen molar-refractivity contribution in [2.24, 2.45) is 0 Å². The third-order valence-corrected chi connectivity index (χ3v) is 3.91. The number of amides is 1. The van der Waals surface area contributed by atoms with Crippen LogP contribution in [0.15, 0.2) is 35.8 Å². The van der Waals surface area contributed by atoms with Gasteiger partial charge in [-0.1, -0.05) is 6.07 Å². The largest absolute Gasteiger partial charge is 0.480 e. The van der Waals surface area contributed by atoms with Gasteiger partial charge in [-0.3, -0.25) is 9.59 Å². The molecule has 1 N–H and O–H groups in total. The standard InChI is InChI=1S/C14H16N2O3S/c1-15(8-6-11-4-3-9-20-11)14(19)12-5-2-7-16(12)10-13(17)18/h2-5,7,9H,6,8,10H2,1H3,(H,17,18). The fraction of sp³-hybridized carbons (Fsp3) is 0.286. The van der Waals surface area contributed by atoms with Crippen molar-refractivity contribution in [1.82, 2.24) is 9.47 Å². The van der Waals surface area contributed by atoms with Crippen LogP contribution in [-0.4, -0.2) is 40.0 Å². The third kappa shape index (κ3) is 3.48. The average molecular weight is 292 g/mol. The third-order valence-electron chi connectivity index (χ3n) is 2.97. The highest BCUT2D eigenvalue weighted by Gasteiger charge is 2.16. The number of carbonyl (C=O) groups is 2. The van der Waals surface area contributed by atoms with Crippen LogP contribution in [0.3, 0.4) is 0 Å². The minimum absolute atomic E-state index is 0.159. The fourth-order valence-electron chi connectivity index (χ4n) is 1.92. The van der Waals surface area contributed by atoms with Crippen molar-refractivity contribution < 1.29 is 14.7 Å². The molecule has 0 aromatic carbocycles. The lowest BCUT2D eigenvalue weighted by molar-refractivity contribution is -0.137. The van der Waals surface area contributed by atoms with Crippen LogP contribution in [-0.2, 0) is 17.8 Å². The van der Waals surface area contributed by atoms with Crippen molar-refractivity contribution in [3.05, 3.63) is 46.4 Å². The number of likely N-dealkylation sites (N-methyl/N-ethyl adjacent to an activating group) is 1. The van der Waals surface area contributed by atoms with Crippen LogP contribution in [0.4, 0.5) is 0 Å². The highest BCUT2D eigenvalue weighted by atomic mass is 32.1. The maximum atomic E-state index is 12.3. The zero-order chi connectivity index (χ0) is 14.5. The second kappa shape index (κ2) is 6.38. The van der Waals surface area contributed by atoms with Crippen LogP contribution in [0.25, 0.3) is 0 Å². The minimum Gasteiger partial charge on any atom is -0.480 e. The lowest BCUT2D eigenvalue weighted by atomic mass is 10.3. The zero-order valence-corrected chi connectivity index (χ0v) is 12.0. The molecule has 0 radical (unpaired) electrons. The second-order valence-corrected chi connectivity index (χ2v) is 5.50. The van der Waals surface area contributed by atoms with Gasteiger partial charge in [0.05, 0.1) is 0 Å². The molecule has 0 aliphatic heterocycles. The topological polar surface area (TPSA) is 62.5 Å². The summed E-state index contributed by atoms with van der Waals surface area (Å²) in [6.45, 7) is 0.407. The van der Waals surface area contributed by atoms with Crippen LogP contribution in [0, 0.1) is 0 Å². The van der Waals surface area contributed by atoms with E-state index < -0.39 is 5.97 Å². The van der Waals surface area contributed by atoms with E-state index in [4.69, 9.17) is 5.11 Å². The van der Waals surface area contributed by atoms with Gasteiger partial charge >= 0.3 is 5.97 Å². The molecular weight excluding hydrogens is 276 g/mol. The lowest BCUT2D eigenvalue weighted by Gasteiger charge is -2.17. The summed E-state index contributed by atoms with van der Waals surface area (Å²) in [5, 5.41) is 10.8. The fourth-order valence-corrected chi connectivity index (χ4v) is 2.62.